The van der Waals surface area contributed by atoms with Crippen LogP contribution in [-0.2, 0) is 32.7 Å². The van der Waals surface area contributed by atoms with Crippen molar-refractivity contribution in [1.29, 1.82) is 0 Å². The zero-order chi connectivity index (χ0) is 29.5. The van der Waals surface area contributed by atoms with Crippen LogP contribution in [0.25, 0.3) is 0 Å². The van der Waals surface area contributed by atoms with Gasteiger partial charge in [-0.3, -0.25) is 27.6 Å². The molecule has 1 aromatic rings. The number of nitrogens with zero attached hydrogens (tertiary/aromatic N) is 2. The second-order valence-corrected chi connectivity index (χ2v) is 13.1. The number of esters is 1. The van der Waals surface area contributed by atoms with E-state index in [0.29, 0.717) is 0 Å². The van der Waals surface area contributed by atoms with Crippen molar-refractivity contribution < 1.29 is 42.2 Å². The van der Waals surface area contributed by atoms with Gasteiger partial charge in [0.2, 0.25) is 0 Å². The number of alkyl halides is 1. The van der Waals surface area contributed by atoms with E-state index in [1.54, 1.807) is 34.6 Å². The van der Waals surface area contributed by atoms with Crippen molar-refractivity contribution in [3.05, 3.63) is 22.7 Å². The van der Waals surface area contributed by atoms with E-state index in [4.69, 9.17) is 24.3 Å². The van der Waals surface area contributed by atoms with E-state index in [1.165, 1.54) is 19.2 Å². The summed E-state index contributed by atoms with van der Waals surface area (Å²) in [7, 11) is -4.25. The highest BCUT2D eigenvalue weighted by Gasteiger charge is 2.46. The summed E-state index contributed by atoms with van der Waals surface area (Å²) in [5, 5.41) is 13.0. The number of thioether (sulfide) groups is 1. The highest BCUT2D eigenvalue weighted by Crippen LogP contribution is 2.46. The molecule has 0 saturated carbocycles. The van der Waals surface area contributed by atoms with Crippen LogP contribution in [0.1, 0.15) is 47.8 Å². The number of aliphatic hydroxyl groups excluding tert-OH is 1. The average Bonchev–Trinajstić information content (AvgIpc) is 3.14. The number of halogens is 1. The fourth-order valence-electron chi connectivity index (χ4n) is 3.41. The normalized spacial score (nSPS) is 23.9. The maximum absolute atomic E-state index is 13.9. The standard InChI is InChI=1S/C23H38FN4O9PS/c1-13(2)36-20(30)14(3)27-38(33,34-9-10-39-21(31)23(4,5)6)35-12-16-15(11-24)18(29)19(37-16)28-8-7-17(25)26-22(28)32/h7-8,13-16,18-19,29H,9-12H2,1-6H3,(H,27,33)(H2,25,26,32)/t14-,15+,16+,18+,19+,38?/m0/s1. The summed E-state index contributed by atoms with van der Waals surface area (Å²) in [5.41, 5.74) is 4.10. The lowest BCUT2D eigenvalue weighted by Crippen LogP contribution is -2.37. The number of hydrogen-bond acceptors (Lipinski definition) is 12. The molecule has 1 saturated heterocycles. The van der Waals surface area contributed by atoms with E-state index in [2.05, 4.69) is 10.1 Å². The Labute approximate surface area is 230 Å². The predicted molar refractivity (Wildman–Crippen MR) is 143 cm³/mol. The van der Waals surface area contributed by atoms with Crippen molar-refractivity contribution in [3.63, 3.8) is 0 Å². The van der Waals surface area contributed by atoms with E-state index in [1.807, 2.05) is 0 Å². The Morgan fingerprint density at radius 3 is 2.56 bits per heavy atom. The zero-order valence-corrected chi connectivity index (χ0v) is 24.6. The highest BCUT2D eigenvalue weighted by atomic mass is 32.2. The van der Waals surface area contributed by atoms with Gasteiger partial charge in [-0.05, 0) is 26.8 Å². The third kappa shape index (κ3) is 9.62. The molecule has 4 N–H and O–H groups in total. The summed E-state index contributed by atoms with van der Waals surface area (Å²) in [4.78, 5) is 40.3. The molecule has 0 aromatic carbocycles. The zero-order valence-electron chi connectivity index (χ0n) is 22.9. The highest BCUT2D eigenvalue weighted by molar-refractivity contribution is 8.13. The molecule has 1 aliphatic heterocycles. The van der Waals surface area contributed by atoms with Crippen LogP contribution in [0.5, 0.6) is 0 Å². The van der Waals surface area contributed by atoms with Gasteiger partial charge in [-0.2, -0.15) is 4.98 Å². The molecule has 1 aromatic heterocycles. The van der Waals surface area contributed by atoms with Crippen LogP contribution in [0.2, 0.25) is 0 Å². The number of hydrogen-bond donors (Lipinski definition) is 3. The molecule has 1 aliphatic rings. The summed E-state index contributed by atoms with van der Waals surface area (Å²) in [6.45, 7) is 8.25. The first-order chi connectivity index (χ1) is 18.1. The molecular formula is C23H38FN4O9PS. The van der Waals surface area contributed by atoms with Crippen molar-refractivity contribution in [2.45, 2.75) is 72.1 Å². The predicted octanol–water partition coefficient (Wildman–Crippen LogP) is 2.05. The van der Waals surface area contributed by atoms with Crippen molar-refractivity contribution in [3.8, 4) is 0 Å². The Hall–Kier alpha value is -1.87. The second-order valence-electron chi connectivity index (χ2n) is 10.3. The van der Waals surface area contributed by atoms with Gasteiger partial charge in [0, 0.05) is 23.3 Å². The number of aliphatic hydroxyl groups is 1. The summed E-state index contributed by atoms with van der Waals surface area (Å²) < 4.78 is 50.3. The minimum atomic E-state index is -4.25. The van der Waals surface area contributed by atoms with Crippen LogP contribution < -0.4 is 16.5 Å². The summed E-state index contributed by atoms with van der Waals surface area (Å²) in [6.07, 6.45) is -3.07. The molecule has 2 heterocycles. The quantitative estimate of drug-likeness (QED) is 0.171. The van der Waals surface area contributed by atoms with Crippen LogP contribution >= 0.6 is 19.5 Å². The van der Waals surface area contributed by atoms with Crippen LogP contribution in [0.4, 0.5) is 10.2 Å². The van der Waals surface area contributed by atoms with E-state index in [9.17, 15) is 28.4 Å². The Kier molecular flexibility index (Phi) is 12.1. The molecule has 0 aliphatic carbocycles. The lowest BCUT2D eigenvalue weighted by molar-refractivity contribution is -0.149. The second kappa shape index (κ2) is 14.2. The van der Waals surface area contributed by atoms with Crippen molar-refractivity contribution in [2.75, 3.05) is 31.4 Å². The monoisotopic (exact) mass is 596 g/mol. The molecule has 2 rings (SSSR count). The first kappa shape index (κ1) is 33.3. The third-order valence-electron chi connectivity index (χ3n) is 5.48. The van der Waals surface area contributed by atoms with Gasteiger partial charge >= 0.3 is 19.4 Å². The third-order valence-corrected chi connectivity index (χ3v) is 8.44. The Morgan fingerprint density at radius 1 is 1.33 bits per heavy atom. The van der Waals surface area contributed by atoms with Crippen LogP contribution in [0.15, 0.2) is 17.1 Å². The minimum absolute atomic E-state index is 0.0395. The molecule has 0 bridgehead atoms. The number of anilines is 1. The van der Waals surface area contributed by atoms with Crippen molar-refractivity contribution in [2.24, 2.45) is 11.3 Å². The Morgan fingerprint density at radius 2 is 2.00 bits per heavy atom. The first-order valence-electron chi connectivity index (χ1n) is 12.4. The SMILES string of the molecule is CC(C)OC(=O)[C@H](C)NP(=O)(OCCSC(=O)C(C)(C)C)OC[C@H]1O[C@@H](n2ccc(N)nc2=O)[C@H](O)[C@@H]1CF. The van der Waals surface area contributed by atoms with Gasteiger partial charge in [0.1, 0.15) is 18.0 Å². The van der Waals surface area contributed by atoms with Gasteiger partial charge in [-0.15, -0.1) is 0 Å². The number of carbonyl (C=O) groups excluding carboxylic acids is 2. The van der Waals surface area contributed by atoms with Crippen molar-refractivity contribution >= 4 is 36.4 Å². The molecule has 16 heteroatoms. The van der Waals surface area contributed by atoms with Crippen molar-refractivity contribution in [1.82, 2.24) is 14.6 Å². The Bertz CT molecular complexity index is 1100. The molecule has 1 unspecified atom stereocenters. The van der Waals surface area contributed by atoms with Gasteiger partial charge in [-0.25, -0.2) is 14.4 Å². The number of nitrogens with one attached hydrogen (secondary N) is 1. The molecule has 6 atom stereocenters. The topological polar surface area (TPSA) is 181 Å². The molecule has 0 spiro atoms. The largest absolute Gasteiger partial charge is 0.462 e. The number of ether oxygens (including phenoxy) is 2. The number of aromatic nitrogens is 2. The first-order valence-corrected chi connectivity index (χ1v) is 14.9. The van der Waals surface area contributed by atoms with Gasteiger partial charge in [-0.1, -0.05) is 32.5 Å². The Balaban J connectivity index is 2.15. The summed E-state index contributed by atoms with van der Waals surface area (Å²) >= 11 is 0.991. The number of carbonyl (C=O) groups is 2. The van der Waals surface area contributed by atoms with E-state index in [-0.39, 0.29) is 23.3 Å². The molecule has 0 radical (unpaired) electrons. The van der Waals surface area contributed by atoms with E-state index < -0.39 is 74.6 Å². The van der Waals surface area contributed by atoms with E-state index in [0.717, 1.165) is 16.3 Å². The maximum Gasteiger partial charge on any atom is 0.406 e. The fourth-order valence-corrected chi connectivity index (χ4v) is 5.80. The van der Waals surface area contributed by atoms with E-state index >= 15 is 0 Å². The fraction of sp³-hybridized carbons (Fsp3) is 0.739. The number of nitrogen functional groups attached to an aromatic ring is 1. The molecule has 1 fully saturated rings. The molecular weight excluding hydrogens is 558 g/mol. The van der Waals surface area contributed by atoms with Gasteiger partial charge in [0.25, 0.3) is 0 Å². The van der Waals surface area contributed by atoms with Gasteiger partial charge in [0.05, 0.1) is 32.1 Å². The van der Waals surface area contributed by atoms with Gasteiger partial charge in [0.15, 0.2) is 11.3 Å². The smallest absolute Gasteiger partial charge is 0.406 e. The molecule has 39 heavy (non-hydrogen) atoms. The van der Waals surface area contributed by atoms with Gasteiger partial charge < -0.3 is 20.3 Å². The van der Waals surface area contributed by atoms with Crippen LogP contribution in [0, 0.1) is 11.3 Å². The molecule has 222 valence electrons. The molecule has 13 nitrogen and oxygen atoms in total. The van der Waals surface area contributed by atoms with Crippen LogP contribution in [-0.4, -0.2) is 75.7 Å². The molecule has 0 amide bonds. The average molecular weight is 597 g/mol. The number of nitrogens with two attached hydrogens (primary N) is 1. The summed E-state index contributed by atoms with van der Waals surface area (Å²) in [6, 6.07) is 0.207. The lowest BCUT2D eigenvalue weighted by Gasteiger charge is -2.25. The lowest BCUT2D eigenvalue weighted by atomic mass is 10.00. The maximum atomic E-state index is 13.9. The van der Waals surface area contributed by atoms with Crippen LogP contribution in [0.3, 0.4) is 0 Å². The minimum Gasteiger partial charge on any atom is -0.462 e. The summed E-state index contributed by atoms with van der Waals surface area (Å²) in [5.74, 6) is -1.74. The number of rotatable bonds is 13.